The summed E-state index contributed by atoms with van der Waals surface area (Å²) in [5.74, 6) is -1.54. The Labute approximate surface area is 92.0 Å². The smallest absolute Gasteiger partial charge is 0.150 e. The second-order valence-corrected chi connectivity index (χ2v) is 3.76. The van der Waals surface area contributed by atoms with Crippen LogP contribution in [0.15, 0.2) is 12.1 Å². The van der Waals surface area contributed by atoms with Crippen LogP contribution in [-0.2, 0) is 10.3 Å². The quantitative estimate of drug-likeness (QED) is 0.817. The monoisotopic (exact) mass is 235 g/mol. The number of hydrogen-bond donors (Lipinski definition) is 1. The van der Waals surface area contributed by atoms with Crippen LogP contribution in [0.1, 0.15) is 12.5 Å². The molecule has 0 heterocycles. The molecule has 0 bridgehead atoms. The summed E-state index contributed by atoms with van der Waals surface area (Å²) < 4.78 is 32.1. The predicted octanol–water partition coefficient (Wildman–Crippen LogP) is 2.44. The highest BCUT2D eigenvalue weighted by molar-refractivity contribution is 6.30. The summed E-state index contributed by atoms with van der Waals surface area (Å²) in [6, 6.07) is 2.25. The normalized spacial score (nSPS) is 15.1. The molecule has 2 nitrogen and oxygen atoms in total. The number of methoxy groups -OCH3 is 1. The molecule has 0 amide bonds. The Morgan fingerprint density at radius 1 is 1.47 bits per heavy atom. The maximum absolute atomic E-state index is 13.6. The lowest BCUT2D eigenvalue weighted by atomic mass is 9.94. The molecular formula is C10H12ClF2NO. The lowest BCUT2D eigenvalue weighted by Crippen LogP contribution is -2.35. The van der Waals surface area contributed by atoms with Gasteiger partial charge in [0.2, 0.25) is 0 Å². The molecule has 0 aromatic heterocycles. The van der Waals surface area contributed by atoms with Gasteiger partial charge >= 0.3 is 0 Å². The van der Waals surface area contributed by atoms with Gasteiger partial charge in [-0.05, 0) is 19.1 Å². The first-order valence-electron chi connectivity index (χ1n) is 4.35. The van der Waals surface area contributed by atoms with Crippen molar-refractivity contribution in [2.75, 3.05) is 13.7 Å². The topological polar surface area (TPSA) is 35.2 Å². The van der Waals surface area contributed by atoms with Crippen molar-refractivity contribution < 1.29 is 13.5 Å². The molecule has 84 valence electrons. The van der Waals surface area contributed by atoms with Crippen LogP contribution >= 0.6 is 11.6 Å². The van der Waals surface area contributed by atoms with Crippen LogP contribution in [0.5, 0.6) is 0 Å². The van der Waals surface area contributed by atoms with E-state index < -0.39 is 17.2 Å². The van der Waals surface area contributed by atoms with Crippen LogP contribution in [0.3, 0.4) is 0 Å². The Morgan fingerprint density at radius 2 is 2.07 bits per heavy atom. The Morgan fingerprint density at radius 3 is 2.53 bits per heavy atom. The Bertz CT molecular complexity index is 367. The van der Waals surface area contributed by atoms with Crippen LogP contribution in [-0.4, -0.2) is 13.7 Å². The molecule has 15 heavy (non-hydrogen) atoms. The molecule has 5 heteroatoms. The van der Waals surface area contributed by atoms with E-state index in [-0.39, 0.29) is 17.1 Å². The van der Waals surface area contributed by atoms with Gasteiger partial charge < -0.3 is 10.5 Å². The molecule has 0 saturated heterocycles. The first-order valence-corrected chi connectivity index (χ1v) is 4.73. The minimum absolute atomic E-state index is 0.0440. The fraction of sp³-hybridized carbons (Fsp3) is 0.400. The second-order valence-electron chi connectivity index (χ2n) is 3.36. The highest BCUT2D eigenvalue weighted by Gasteiger charge is 2.32. The third kappa shape index (κ3) is 2.12. The molecular weight excluding hydrogens is 224 g/mol. The Balaban J connectivity index is 3.41. The van der Waals surface area contributed by atoms with E-state index in [0.29, 0.717) is 0 Å². The van der Waals surface area contributed by atoms with E-state index in [0.717, 1.165) is 12.1 Å². The van der Waals surface area contributed by atoms with E-state index in [2.05, 4.69) is 0 Å². The molecule has 2 N–H and O–H groups in total. The standard InChI is InChI=1S/C10H12ClF2NO/c1-10(5-14,15-2)8-7(12)4-3-6(11)9(8)13/h3-4H,5,14H2,1-2H3. The van der Waals surface area contributed by atoms with E-state index >= 15 is 0 Å². The molecule has 0 saturated carbocycles. The van der Waals surface area contributed by atoms with Crippen molar-refractivity contribution in [3.8, 4) is 0 Å². The second kappa shape index (κ2) is 4.43. The zero-order valence-corrected chi connectivity index (χ0v) is 9.24. The van der Waals surface area contributed by atoms with Gasteiger partial charge in [0.25, 0.3) is 0 Å². The van der Waals surface area contributed by atoms with Gasteiger partial charge in [0.05, 0.1) is 10.6 Å². The highest BCUT2D eigenvalue weighted by Crippen LogP contribution is 2.31. The molecule has 1 atom stereocenters. The van der Waals surface area contributed by atoms with E-state index in [4.69, 9.17) is 22.1 Å². The van der Waals surface area contributed by atoms with Crippen molar-refractivity contribution in [2.45, 2.75) is 12.5 Å². The largest absolute Gasteiger partial charge is 0.372 e. The van der Waals surface area contributed by atoms with Crippen molar-refractivity contribution in [3.05, 3.63) is 34.4 Å². The minimum atomic E-state index is -1.21. The van der Waals surface area contributed by atoms with Crippen molar-refractivity contribution in [2.24, 2.45) is 5.73 Å². The summed E-state index contributed by atoms with van der Waals surface area (Å²) >= 11 is 5.57. The van der Waals surface area contributed by atoms with Gasteiger partial charge in [0, 0.05) is 13.7 Å². The summed E-state index contributed by atoms with van der Waals surface area (Å²) in [5, 5.41) is -0.150. The minimum Gasteiger partial charge on any atom is -0.372 e. The van der Waals surface area contributed by atoms with Gasteiger partial charge in [-0.15, -0.1) is 0 Å². The summed E-state index contributed by atoms with van der Waals surface area (Å²) in [6.07, 6.45) is 0. The number of ether oxygens (including phenoxy) is 1. The third-order valence-corrected chi connectivity index (χ3v) is 2.70. The van der Waals surface area contributed by atoms with Gasteiger partial charge in [-0.25, -0.2) is 8.78 Å². The molecule has 1 aromatic carbocycles. The number of rotatable bonds is 3. The fourth-order valence-corrected chi connectivity index (χ4v) is 1.46. The Hall–Kier alpha value is -0.710. The van der Waals surface area contributed by atoms with Gasteiger partial charge in [0.1, 0.15) is 11.4 Å². The molecule has 1 rings (SSSR count). The molecule has 1 aromatic rings. The highest BCUT2D eigenvalue weighted by atomic mass is 35.5. The fourth-order valence-electron chi connectivity index (χ4n) is 1.30. The van der Waals surface area contributed by atoms with Crippen molar-refractivity contribution in [1.29, 1.82) is 0 Å². The molecule has 0 fully saturated rings. The average molecular weight is 236 g/mol. The van der Waals surface area contributed by atoms with Crippen LogP contribution in [0.25, 0.3) is 0 Å². The summed E-state index contributed by atoms with van der Waals surface area (Å²) in [7, 11) is 1.34. The Kier molecular flexibility index (Phi) is 3.65. The summed E-state index contributed by atoms with van der Waals surface area (Å²) in [5.41, 5.74) is 3.99. The van der Waals surface area contributed by atoms with Crippen LogP contribution in [0, 0.1) is 11.6 Å². The molecule has 0 radical (unpaired) electrons. The first-order chi connectivity index (χ1) is 6.96. The molecule has 0 aliphatic heterocycles. The molecule has 0 aliphatic rings. The van der Waals surface area contributed by atoms with Crippen LogP contribution in [0.4, 0.5) is 8.78 Å². The molecule has 0 aliphatic carbocycles. The van der Waals surface area contributed by atoms with Gasteiger partial charge in [-0.2, -0.15) is 0 Å². The maximum atomic E-state index is 13.6. The number of halogens is 3. The third-order valence-electron chi connectivity index (χ3n) is 2.41. The number of benzene rings is 1. The SMILES string of the molecule is COC(C)(CN)c1c(F)ccc(Cl)c1F. The zero-order valence-electron chi connectivity index (χ0n) is 8.48. The summed E-state index contributed by atoms with van der Waals surface area (Å²) in [6.45, 7) is 1.46. The lowest BCUT2D eigenvalue weighted by Gasteiger charge is -2.27. The lowest BCUT2D eigenvalue weighted by molar-refractivity contribution is 0.00410. The average Bonchev–Trinajstić information content (AvgIpc) is 2.23. The first kappa shape index (κ1) is 12.4. The van der Waals surface area contributed by atoms with E-state index in [1.807, 2.05) is 0 Å². The van der Waals surface area contributed by atoms with Gasteiger partial charge in [0.15, 0.2) is 5.82 Å². The number of hydrogen-bond acceptors (Lipinski definition) is 2. The molecule has 0 spiro atoms. The predicted molar refractivity (Wildman–Crippen MR) is 54.8 cm³/mol. The van der Waals surface area contributed by atoms with Crippen molar-refractivity contribution >= 4 is 11.6 Å². The van der Waals surface area contributed by atoms with Crippen LogP contribution in [0.2, 0.25) is 5.02 Å². The van der Waals surface area contributed by atoms with E-state index in [9.17, 15) is 8.78 Å². The van der Waals surface area contributed by atoms with Gasteiger partial charge in [-0.3, -0.25) is 0 Å². The molecule has 1 unspecified atom stereocenters. The van der Waals surface area contributed by atoms with Crippen molar-refractivity contribution in [1.82, 2.24) is 0 Å². The van der Waals surface area contributed by atoms with E-state index in [1.54, 1.807) is 0 Å². The van der Waals surface area contributed by atoms with Crippen molar-refractivity contribution in [3.63, 3.8) is 0 Å². The maximum Gasteiger partial charge on any atom is 0.150 e. The zero-order chi connectivity index (χ0) is 11.6. The van der Waals surface area contributed by atoms with Crippen LogP contribution < -0.4 is 5.73 Å². The number of nitrogens with two attached hydrogens (primary N) is 1. The van der Waals surface area contributed by atoms with E-state index in [1.165, 1.54) is 14.0 Å². The van der Waals surface area contributed by atoms with Gasteiger partial charge in [-0.1, -0.05) is 11.6 Å². The summed E-state index contributed by atoms with van der Waals surface area (Å²) in [4.78, 5) is 0.